The monoisotopic (exact) mass is 428 g/mol. The van der Waals surface area contributed by atoms with Gasteiger partial charge < -0.3 is 10.3 Å². The summed E-state index contributed by atoms with van der Waals surface area (Å²) in [5.74, 6) is 0.142. The number of halogens is 1. The third-order valence-electron chi connectivity index (χ3n) is 5.85. The van der Waals surface area contributed by atoms with Gasteiger partial charge in [-0.3, -0.25) is 9.36 Å². The second-order valence-electron chi connectivity index (χ2n) is 7.85. The molecule has 1 atom stereocenters. The first kappa shape index (κ1) is 19.9. The number of nitrogens with zero attached hydrogens (tertiary/aromatic N) is 4. The largest absolute Gasteiger partial charge is 0.360 e. The summed E-state index contributed by atoms with van der Waals surface area (Å²) in [4.78, 5) is 29.3. The van der Waals surface area contributed by atoms with Gasteiger partial charge in [-0.05, 0) is 61.5 Å². The predicted molar refractivity (Wildman–Crippen MR) is 123 cm³/mol. The third-order valence-corrected chi connectivity index (χ3v) is 5.85. The molecule has 0 saturated carbocycles. The lowest BCUT2D eigenvalue weighted by atomic mass is 10.0. The zero-order valence-corrected chi connectivity index (χ0v) is 17.8. The molecular formula is C24H21FN6O. The van der Waals surface area contributed by atoms with E-state index in [1.165, 1.54) is 18.5 Å². The summed E-state index contributed by atoms with van der Waals surface area (Å²) in [6.07, 6.45) is 3.00. The number of hydrogen-bond donors (Lipinski definition) is 2. The summed E-state index contributed by atoms with van der Waals surface area (Å²) < 4.78 is 15.6. The Kier molecular flexibility index (Phi) is 4.70. The fourth-order valence-electron chi connectivity index (χ4n) is 4.00. The number of fused-ring (bicyclic) bond motifs is 2. The van der Waals surface area contributed by atoms with Gasteiger partial charge in [-0.15, -0.1) is 0 Å². The second-order valence-corrected chi connectivity index (χ2v) is 7.85. The molecular weight excluding hydrogens is 407 g/mol. The average molecular weight is 428 g/mol. The minimum absolute atomic E-state index is 0.270. The molecule has 0 spiro atoms. The van der Waals surface area contributed by atoms with Crippen LogP contribution in [0.3, 0.4) is 0 Å². The topological polar surface area (TPSA) is 88.5 Å². The summed E-state index contributed by atoms with van der Waals surface area (Å²) >= 11 is 0. The summed E-state index contributed by atoms with van der Waals surface area (Å²) in [7, 11) is 0. The van der Waals surface area contributed by atoms with Crippen molar-refractivity contribution in [1.29, 1.82) is 0 Å². The smallest absolute Gasteiger partial charge is 0.263 e. The van der Waals surface area contributed by atoms with E-state index in [2.05, 4.69) is 25.3 Å². The molecule has 8 heteroatoms. The number of imidazole rings is 1. The highest BCUT2D eigenvalue weighted by atomic mass is 19.1. The van der Waals surface area contributed by atoms with E-state index in [-0.39, 0.29) is 11.6 Å². The molecule has 0 aliphatic heterocycles. The van der Waals surface area contributed by atoms with Crippen molar-refractivity contribution in [1.82, 2.24) is 24.5 Å². The molecule has 2 aromatic carbocycles. The third kappa shape index (κ3) is 3.20. The van der Waals surface area contributed by atoms with E-state index in [1.807, 2.05) is 45.0 Å². The van der Waals surface area contributed by atoms with E-state index in [9.17, 15) is 9.18 Å². The van der Waals surface area contributed by atoms with E-state index in [0.717, 1.165) is 22.5 Å². The number of anilines is 1. The van der Waals surface area contributed by atoms with Gasteiger partial charge in [0.05, 0.1) is 23.4 Å². The van der Waals surface area contributed by atoms with Crippen molar-refractivity contribution in [3.8, 4) is 5.69 Å². The number of pyridine rings is 1. The highest BCUT2D eigenvalue weighted by molar-refractivity contribution is 5.84. The number of aryl methyl sites for hydroxylation is 1. The minimum atomic E-state index is -0.441. The standard InChI is InChI=1S/C24H21FN6O/c1-13-5-4-6-19(14(13)2)31-20(9-16-7-8-17(25)10-18(16)24(31)32)15(3)30-23-21-22(27-11-26-21)28-12-29-23/h4-12,15H,1-3H3,(H2,26,27,28,29,30). The molecule has 0 aliphatic carbocycles. The fraction of sp³-hybridized carbons (Fsp3) is 0.167. The van der Waals surface area contributed by atoms with Crippen LogP contribution in [0.2, 0.25) is 0 Å². The first-order valence-electron chi connectivity index (χ1n) is 10.3. The van der Waals surface area contributed by atoms with Crippen molar-refractivity contribution >= 4 is 27.8 Å². The Bertz CT molecular complexity index is 1540. The predicted octanol–water partition coefficient (Wildman–Crippen LogP) is 4.59. The van der Waals surface area contributed by atoms with E-state index in [4.69, 9.17) is 0 Å². The number of benzene rings is 2. The molecule has 0 bridgehead atoms. The van der Waals surface area contributed by atoms with Gasteiger partial charge >= 0.3 is 0 Å². The first-order chi connectivity index (χ1) is 15.4. The van der Waals surface area contributed by atoms with Crippen LogP contribution < -0.4 is 10.9 Å². The van der Waals surface area contributed by atoms with Crippen LogP contribution in [0.5, 0.6) is 0 Å². The van der Waals surface area contributed by atoms with Gasteiger partial charge in [0.2, 0.25) is 0 Å². The van der Waals surface area contributed by atoms with Crippen molar-refractivity contribution in [2.75, 3.05) is 5.32 Å². The Balaban J connectivity index is 1.74. The van der Waals surface area contributed by atoms with Crippen molar-refractivity contribution in [2.24, 2.45) is 0 Å². The molecule has 5 aromatic rings. The Morgan fingerprint density at radius 2 is 1.94 bits per heavy atom. The molecule has 160 valence electrons. The van der Waals surface area contributed by atoms with Gasteiger partial charge in [-0.25, -0.2) is 19.3 Å². The highest BCUT2D eigenvalue weighted by Crippen LogP contribution is 2.27. The molecule has 1 unspecified atom stereocenters. The highest BCUT2D eigenvalue weighted by Gasteiger charge is 2.19. The normalized spacial score (nSPS) is 12.4. The molecule has 2 N–H and O–H groups in total. The Morgan fingerprint density at radius 3 is 2.78 bits per heavy atom. The van der Waals surface area contributed by atoms with Crippen molar-refractivity contribution in [3.05, 3.63) is 88.1 Å². The summed E-state index contributed by atoms with van der Waals surface area (Å²) in [5, 5.41) is 4.39. The van der Waals surface area contributed by atoms with Gasteiger partial charge in [0.25, 0.3) is 5.56 Å². The van der Waals surface area contributed by atoms with Gasteiger partial charge in [-0.1, -0.05) is 18.2 Å². The van der Waals surface area contributed by atoms with Crippen LogP contribution in [0, 0.1) is 19.7 Å². The maximum atomic E-state index is 14.0. The van der Waals surface area contributed by atoms with Gasteiger partial charge in [0.15, 0.2) is 11.5 Å². The SMILES string of the molecule is Cc1cccc(-n2c(C(C)Nc3ncnc4nc[nH]c34)cc3ccc(F)cc3c2=O)c1C. The molecule has 0 amide bonds. The molecule has 5 rings (SSSR count). The van der Waals surface area contributed by atoms with Crippen LogP contribution in [0.1, 0.15) is 29.8 Å². The fourth-order valence-corrected chi connectivity index (χ4v) is 4.00. The molecule has 0 saturated heterocycles. The number of H-pyrrole nitrogens is 1. The Labute approximate surface area is 183 Å². The van der Waals surface area contributed by atoms with Crippen LogP contribution in [-0.2, 0) is 0 Å². The molecule has 3 heterocycles. The van der Waals surface area contributed by atoms with E-state index in [0.29, 0.717) is 27.8 Å². The van der Waals surface area contributed by atoms with E-state index < -0.39 is 5.82 Å². The minimum Gasteiger partial charge on any atom is -0.360 e. The van der Waals surface area contributed by atoms with Crippen molar-refractivity contribution in [3.63, 3.8) is 0 Å². The Morgan fingerprint density at radius 1 is 1.09 bits per heavy atom. The van der Waals surface area contributed by atoms with E-state index >= 15 is 0 Å². The summed E-state index contributed by atoms with van der Waals surface area (Å²) in [6, 6.07) is 11.7. The van der Waals surface area contributed by atoms with Gasteiger partial charge in [-0.2, -0.15) is 0 Å². The van der Waals surface area contributed by atoms with Crippen LogP contribution in [-0.4, -0.2) is 24.5 Å². The lowest BCUT2D eigenvalue weighted by molar-refractivity contribution is 0.629. The average Bonchev–Trinajstić information content (AvgIpc) is 3.26. The number of aromatic amines is 1. The van der Waals surface area contributed by atoms with Crippen molar-refractivity contribution in [2.45, 2.75) is 26.8 Å². The molecule has 0 fully saturated rings. The van der Waals surface area contributed by atoms with Crippen LogP contribution >= 0.6 is 0 Å². The van der Waals surface area contributed by atoms with Crippen LogP contribution in [0.4, 0.5) is 10.2 Å². The number of rotatable bonds is 4. The Hall–Kier alpha value is -4.07. The van der Waals surface area contributed by atoms with Gasteiger partial charge in [0.1, 0.15) is 17.7 Å². The van der Waals surface area contributed by atoms with Crippen LogP contribution in [0.15, 0.2) is 59.9 Å². The molecule has 0 radical (unpaired) electrons. The molecule has 32 heavy (non-hydrogen) atoms. The lowest BCUT2D eigenvalue weighted by Gasteiger charge is -2.23. The first-order valence-corrected chi connectivity index (χ1v) is 10.3. The quantitative estimate of drug-likeness (QED) is 0.437. The maximum Gasteiger partial charge on any atom is 0.263 e. The van der Waals surface area contributed by atoms with Crippen LogP contribution in [0.25, 0.3) is 27.6 Å². The zero-order chi connectivity index (χ0) is 22.4. The number of hydrogen-bond acceptors (Lipinski definition) is 5. The second kappa shape index (κ2) is 7.56. The van der Waals surface area contributed by atoms with Gasteiger partial charge in [0, 0.05) is 5.69 Å². The number of aromatic nitrogens is 5. The lowest BCUT2D eigenvalue weighted by Crippen LogP contribution is -2.26. The molecule has 0 aliphatic rings. The molecule has 7 nitrogen and oxygen atoms in total. The summed E-state index contributed by atoms with van der Waals surface area (Å²) in [6.45, 7) is 5.94. The van der Waals surface area contributed by atoms with Crippen molar-refractivity contribution < 1.29 is 4.39 Å². The van der Waals surface area contributed by atoms with E-state index in [1.54, 1.807) is 17.0 Å². The summed E-state index contributed by atoms with van der Waals surface area (Å²) in [5.41, 5.74) is 4.51. The maximum absolute atomic E-state index is 14.0. The number of nitrogens with one attached hydrogen (secondary N) is 2. The zero-order valence-electron chi connectivity index (χ0n) is 17.8. The molecule has 3 aromatic heterocycles.